The molecule has 1 unspecified atom stereocenters. The number of ether oxygens (including phenoxy) is 1. The van der Waals surface area contributed by atoms with E-state index in [-0.39, 0.29) is 30.0 Å². The molecule has 5 heterocycles. The number of hydrogen-bond acceptors (Lipinski definition) is 5. The van der Waals surface area contributed by atoms with E-state index in [1.54, 1.807) is 0 Å². The molecular weight excluding hydrogens is 564 g/mol. The fraction of sp³-hybridized carbons (Fsp3) is 0.333. The first-order valence-electron chi connectivity index (χ1n) is 15.9. The minimum atomic E-state index is -0.314. The molecule has 2 amide bonds. The Morgan fingerprint density at radius 3 is 1.93 bits per heavy atom. The van der Waals surface area contributed by atoms with Gasteiger partial charge in [0, 0.05) is 36.4 Å². The van der Waals surface area contributed by atoms with Crippen LogP contribution in [0.3, 0.4) is 0 Å². The summed E-state index contributed by atoms with van der Waals surface area (Å²) in [6, 6.07) is 21.3. The normalized spacial score (nSPS) is 21.5. The Kier molecular flexibility index (Phi) is 7.07. The Hall–Kier alpha value is -4.94. The van der Waals surface area contributed by atoms with Crippen LogP contribution in [0.4, 0.5) is 0 Å². The second kappa shape index (κ2) is 11.5. The Bertz CT molecular complexity index is 1960. The van der Waals surface area contributed by atoms with E-state index in [4.69, 9.17) is 14.7 Å². The second-order valence-electron chi connectivity index (χ2n) is 12.2. The molecule has 0 aliphatic carbocycles. The maximum absolute atomic E-state index is 13.2. The van der Waals surface area contributed by atoms with Gasteiger partial charge in [-0.05, 0) is 87.1 Å². The standard InChI is InChI=1S/C36H34N6O3/c43-35(25-7-2-1-3-8-25)41-18-4-9-30(41)33-37-26-16-14-23(21-28(26)39-33)12-13-24-15-17-27-29(22-24)40-34(38-27)31-10-5-19-42(31)36(44)32-11-6-20-45-32/h1-3,7-8,14-17,21-22,30-32H,4-6,9-11,18-20H2,(H,37,39)(H,38,40)/t30-,31-,32?/m0/s1. The number of carbonyl (C=O) groups is 2. The molecule has 2 aromatic heterocycles. The molecule has 9 nitrogen and oxygen atoms in total. The lowest BCUT2D eigenvalue weighted by Crippen LogP contribution is -2.38. The number of H-pyrrole nitrogens is 2. The van der Waals surface area contributed by atoms with Gasteiger partial charge in [0.2, 0.25) is 0 Å². The van der Waals surface area contributed by atoms with E-state index in [0.717, 1.165) is 96.5 Å². The summed E-state index contributed by atoms with van der Waals surface area (Å²) in [5.74, 6) is 8.36. The predicted octanol–water partition coefficient (Wildman–Crippen LogP) is 5.66. The zero-order valence-corrected chi connectivity index (χ0v) is 25.0. The maximum atomic E-state index is 13.2. The molecule has 0 saturated carbocycles. The lowest BCUT2D eigenvalue weighted by Gasteiger charge is -2.25. The van der Waals surface area contributed by atoms with Crippen molar-refractivity contribution in [2.24, 2.45) is 0 Å². The number of fused-ring (bicyclic) bond motifs is 2. The van der Waals surface area contributed by atoms with Crippen molar-refractivity contribution >= 4 is 33.9 Å². The van der Waals surface area contributed by atoms with Crippen LogP contribution in [0.15, 0.2) is 66.7 Å². The molecule has 3 atom stereocenters. The fourth-order valence-electron chi connectivity index (χ4n) is 6.99. The van der Waals surface area contributed by atoms with E-state index >= 15 is 0 Å². The van der Waals surface area contributed by atoms with Gasteiger partial charge in [0.05, 0.1) is 34.2 Å². The highest BCUT2D eigenvalue weighted by Gasteiger charge is 2.37. The van der Waals surface area contributed by atoms with E-state index in [1.165, 1.54) is 0 Å². The Balaban J connectivity index is 1.00. The molecule has 2 N–H and O–H groups in total. The minimum absolute atomic E-state index is 0.0409. The van der Waals surface area contributed by atoms with Gasteiger partial charge in [0.25, 0.3) is 11.8 Å². The summed E-state index contributed by atoms with van der Waals surface area (Å²) < 4.78 is 5.67. The topological polar surface area (TPSA) is 107 Å². The van der Waals surface area contributed by atoms with Crippen molar-refractivity contribution in [3.63, 3.8) is 0 Å². The summed E-state index contributed by atoms with van der Waals surface area (Å²) in [4.78, 5) is 46.8. The number of rotatable bonds is 4. The molecule has 3 aromatic carbocycles. The molecule has 3 aliphatic rings. The van der Waals surface area contributed by atoms with Crippen molar-refractivity contribution in [3.8, 4) is 11.8 Å². The first-order chi connectivity index (χ1) is 22.1. The lowest BCUT2D eigenvalue weighted by atomic mass is 10.1. The average Bonchev–Trinajstić information content (AvgIpc) is 3.91. The quantitative estimate of drug-likeness (QED) is 0.260. The lowest BCUT2D eigenvalue weighted by molar-refractivity contribution is -0.142. The molecule has 3 saturated heterocycles. The smallest absolute Gasteiger partial charge is 0.254 e. The van der Waals surface area contributed by atoms with Crippen LogP contribution in [0.25, 0.3) is 22.1 Å². The van der Waals surface area contributed by atoms with E-state index in [9.17, 15) is 9.59 Å². The second-order valence-corrected chi connectivity index (χ2v) is 12.2. The van der Waals surface area contributed by atoms with Crippen molar-refractivity contribution in [2.45, 2.75) is 56.7 Å². The summed E-state index contributed by atoms with van der Waals surface area (Å²) in [5.41, 5.74) is 6.00. The third-order valence-electron chi connectivity index (χ3n) is 9.26. The van der Waals surface area contributed by atoms with Gasteiger partial charge in [-0.25, -0.2) is 9.97 Å². The van der Waals surface area contributed by atoms with Gasteiger partial charge in [-0.3, -0.25) is 9.59 Å². The predicted molar refractivity (Wildman–Crippen MR) is 170 cm³/mol. The van der Waals surface area contributed by atoms with Crippen LogP contribution in [0.5, 0.6) is 0 Å². The molecule has 9 heteroatoms. The van der Waals surface area contributed by atoms with Crippen molar-refractivity contribution in [1.82, 2.24) is 29.7 Å². The average molecular weight is 599 g/mol. The first-order valence-corrected chi connectivity index (χ1v) is 15.9. The van der Waals surface area contributed by atoms with Crippen LogP contribution in [-0.2, 0) is 9.53 Å². The van der Waals surface area contributed by atoms with Gasteiger partial charge >= 0.3 is 0 Å². The van der Waals surface area contributed by atoms with Crippen LogP contribution < -0.4 is 0 Å². The summed E-state index contributed by atoms with van der Waals surface area (Å²) in [6.07, 6.45) is 5.11. The number of benzene rings is 3. The Labute approximate surface area is 261 Å². The van der Waals surface area contributed by atoms with E-state index in [1.807, 2.05) is 76.5 Å². The van der Waals surface area contributed by atoms with Crippen LogP contribution in [0.1, 0.15) is 83.7 Å². The van der Waals surface area contributed by atoms with Crippen LogP contribution in [0.2, 0.25) is 0 Å². The molecule has 3 aliphatic heterocycles. The van der Waals surface area contributed by atoms with Gasteiger partial charge in [0.15, 0.2) is 0 Å². The van der Waals surface area contributed by atoms with Crippen LogP contribution >= 0.6 is 0 Å². The molecule has 0 spiro atoms. The van der Waals surface area contributed by atoms with Gasteiger partial charge in [-0.15, -0.1) is 0 Å². The largest absolute Gasteiger partial charge is 0.368 e. The number of imidazole rings is 2. The van der Waals surface area contributed by atoms with Gasteiger partial charge in [0.1, 0.15) is 17.8 Å². The molecule has 0 radical (unpaired) electrons. The zero-order chi connectivity index (χ0) is 30.3. The molecule has 226 valence electrons. The molecule has 5 aromatic rings. The summed E-state index contributed by atoms with van der Waals surface area (Å²) in [6.45, 7) is 2.13. The van der Waals surface area contributed by atoms with Crippen LogP contribution in [0, 0.1) is 11.8 Å². The van der Waals surface area contributed by atoms with Gasteiger partial charge < -0.3 is 24.5 Å². The number of nitrogens with one attached hydrogen (secondary N) is 2. The summed E-state index contributed by atoms with van der Waals surface area (Å²) >= 11 is 0. The van der Waals surface area contributed by atoms with Crippen molar-refractivity contribution in [2.75, 3.05) is 19.7 Å². The monoisotopic (exact) mass is 598 g/mol. The highest BCUT2D eigenvalue weighted by atomic mass is 16.5. The molecule has 45 heavy (non-hydrogen) atoms. The number of nitrogens with zero attached hydrogens (tertiary/aromatic N) is 4. The number of amides is 2. The highest BCUT2D eigenvalue weighted by Crippen LogP contribution is 2.34. The fourth-order valence-corrected chi connectivity index (χ4v) is 6.99. The third kappa shape index (κ3) is 5.25. The van der Waals surface area contributed by atoms with Crippen molar-refractivity contribution in [3.05, 3.63) is 95.1 Å². The molecule has 3 fully saturated rings. The zero-order valence-electron chi connectivity index (χ0n) is 25.0. The van der Waals surface area contributed by atoms with Crippen molar-refractivity contribution < 1.29 is 14.3 Å². The van der Waals surface area contributed by atoms with Crippen molar-refractivity contribution in [1.29, 1.82) is 0 Å². The summed E-state index contributed by atoms with van der Waals surface area (Å²) in [5, 5.41) is 0. The molecule has 8 rings (SSSR count). The number of likely N-dealkylation sites (tertiary alicyclic amines) is 2. The number of carbonyl (C=O) groups excluding carboxylic acids is 2. The Morgan fingerprint density at radius 1 is 0.733 bits per heavy atom. The van der Waals surface area contributed by atoms with Gasteiger partial charge in [-0.1, -0.05) is 30.0 Å². The van der Waals surface area contributed by atoms with Crippen LogP contribution in [-0.4, -0.2) is 67.4 Å². The van der Waals surface area contributed by atoms with E-state index in [0.29, 0.717) is 12.2 Å². The first kappa shape index (κ1) is 27.6. The van der Waals surface area contributed by atoms with E-state index in [2.05, 4.69) is 21.8 Å². The van der Waals surface area contributed by atoms with E-state index < -0.39 is 0 Å². The number of aromatic nitrogens is 4. The molecular formula is C36H34N6O3. The SMILES string of the molecule is O=C(c1ccccc1)N1CCC[C@H]1c1nc2ccc(C#Cc3ccc4nc([C@@H]5CCCN5C(=O)C5CCCO5)[nH]c4c3)cc2[nH]1. The maximum Gasteiger partial charge on any atom is 0.254 e. The summed E-state index contributed by atoms with van der Waals surface area (Å²) in [7, 11) is 0. The third-order valence-corrected chi connectivity index (χ3v) is 9.26. The highest BCUT2D eigenvalue weighted by molar-refractivity contribution is 5.94. The minimum Gasteiger partial charge on any atom is -0.368 e. The molecule has 0 bridgehead atoms. The Morgan fingerprint density at radius 2 is 1.33 bits per heavy atom. The van der Waals surface area contributed by atoms with Gasteiger partial charge in [-0.2, -0.15) is 0 Å². The number of hydrogen-bond donors (Lipinski definition) is 2. The number of aromatic amines is 2.